The molecule has 0 amide bonds. The number of furan rings is 2. The van der Waals surface area contributed by atoms with E-state index in [0.29, 0.717) is 0 Å². The summed E-state index contributed by atoms with van der Waals surface area (Å²) in [6.07, 6.45) is 0. The fourth-order valence-electron chi connectivity index (χ4n) is 13.7. The van der Waals surface area contributed by atoms with Crippen molar-refractivity contribution in [3.8, 4) is 55.6 Å². The predicted octanol–water partition coefficient (Wildman–Crippen LogP) is 24.3. The first-order valence-corrected chi connectivity index (χ1v) is 30.3. The Morgan fingerprint density at radius 2 is 0.568 bits per heavy atom. The van der Waals surface area contributed by atoms with Crippen LogP contribution in [0.3, 0.4) is 0 Å². The Morgan fingerprint density at radius 3 is 1.00 bits per heavy atom. The first-order chi connectivity index (χ1) is 43.3. The van der Waals surface area contributed by atoms with Crippen LogP contribution in [-0.2, 0) is 0 Å². The number of hydrogen-bond donors (Lipinski definition) is 0. The van der Waals surface area contributed by atoms with Gasteiger partial charge < -0.3 is 18.6 Å². The van der Waals surface area contributed by atoms with Crippen LogP contribution in [0, 0.1) is 27.7 Å². The molecule has 418 valence electrons. The van der Waals surface area contributed by atoms with Crippen molar-refractivity contribution < 1.29 is 8.83 Å². The molecule has 0 aliphatic carbocycles. The molecule has 14 aromatic carbocycles. The van der Waals surface area contributed by atoms with Crippen molar-refractivity contribution in [3.05, 3.63) is 313 Å². The van der Waals surface area contributed by atoms with Crippen LogP contribution in [0.4, 0.5) is 34.1 Å². The smallest absolute Gasteiger partial charge is 0.143 e. The second-order valence-electron chi connectivity index (χ2n) is 23.3. The Balaban J connectivity index is 0.817. The van der Waals surface area contributed by atoms with E-state index in [9.17, 15) is 0 Å². The Labute approximate surface area is 512 Å². The molecule has 0 fully saturated rings. The van der Waals surface area contributed by atoms with Gasteiger partial charge in [0.2, 0.25) is 0 Å². The Bertz CT molecular complexity index is 5050. The van der Waals surface area contributed by atoms with Crippen LogP contribution in [0.1, 0.15) is 22.3 Å². The fourth-order valence-corrected chi connectivity index (χ4v) is 13.7. The molecule has 0 radical (unpaired) electrons. The van der Waals surface area contributed by atoms with Crippen molar-refractivity contribution in [3.63, 3.8) is 0 Å². The van der Waals surface area contributed by atoms with E-state index in [1.807, 2.05) is 12.1 Å². The molecule has 0 aliphatic rings. The Kier molecular flexibility index (Phi) is 12.7. The number of aryl methyl sites for hydroxylation is 4. The van der Waals surface area contributed by atoms with E-state index >= 15 is 0 Å². The molecular formula is C84H60N2O2. The molecule has 4 nitrogen and oxygen atoms in total. The molecule has 16 rings (SSSR count). The van der Waals surface area contributed by atoms with Gasteiger partial charge in [-0.15, -0.1) is 0 Å². The fraction of sp³-hybridized carbons (Fsp3) is 0.0476. The normalized spacial score (nSPS) is 11.6. The highest BCUT2D eigenvalue weighted by atomic mass is 16.3. The second kappa shape index (κ2) is 21.4. The highest BCUT2D eigenvalue weighted by Gasteiger charge is 2.26. The highest BCUT2D eigenvalue weighted by Crippen LogP contribution is 2.50. The Morgan fingerprint density at radius 1 is 0.239 bits per heavy atom. The quantitative estimate of drug-likeness (QED) is 0.129. The molecule has 0 saturated carbocycles. The van der Waals surface area contributed by atoms with Gasteiger partial charge in [0.15, 0.2) is 0 Å². The minimum absolute atomic E-state index is 0.894. The summed E-state index contributed by atoms with van der Waals surface area (Å²) >= 11 is 0. The van der Waals surface area contributed by atoms with Crippen molar-refractivity contribution in [2.45, 2.75) is 27.7 Å². The topological polar surface area (TPSA) is 32.8 Å². The summed E-state index contributed by atoms with van der Waals surface area (Å²) in [6, 6.07) is 106. The van der Waals surface area contributed by atoms with Gasteiger partial charge in [-0.2, -0.15) is 0 Å². The summed E-state index contributed by atoms with van der Waals surface area (Å²) in [7, 11) is 0. The predicted molar refractivity (Wildman–Crippen MR) is 372 cm³/mol. The van der Waals surface area contributed by atoms with Gasteiger partial charge in [-0.3, -0.25) is 0 Å². The number of fused-ring (bicyclic) bond motifs is 8. The van der Waals surface area contributed by atoms with Gasteiger partial charge in [-0.1, -0.05) is 231 Å². The maximum atomic E-state index is 6.56. The molecule has 2 heterocycles. The summed E-state index contributed by atoms with van der Waals surface area (Å²) in [5.41, 5.74) is 26.2. The van der Waals surface area contributed by atoms with Gasteiger partial charge in [0.1, 0.15) is 22.3 Å². The van der Waals surface area contributed by atoms with Crippen LogP contribution in [0.25, 0.3) is 121 Å². The minimum atomic E-state index is 0.894. The number of hydrogen-bond acceptors (Lipinski definition) is 4. The van der Waals surface area contributed by atoms with Crippen molar-refractivity contribution >= 4 is 99.5 Å². The summed E-state index contributed by atoms with van der Waals surface area (Å²) in [5, 5.41) is 9.35. The SMILES string of the molecule is Cc1cc(-c2ccc(N(c3ccc(-c4cccc5c4oc4ccccc45)cc3)c3c(C)cccc3-c3cccc4ccccc34)c(C)c2)ccc1N(c1ccc(-c2cccc3c2oc2ccccc23)cc1)c1c(C)cccc1-c1cccc2ccccc12. The van der Waals surface area contributed by atoms with Crippen molar-refractivity contribution in [1.29, 1.82) is 0 Å². The zero-order chi connectivity index (χ0) is 59.0. The van der Waals surface area contributed by atoms with Gasteiger partial charge in [-0.25, -0.2) is 0 Å². The van der Waals surface area contributed by atoms with Gasteiger partial charge in [0.25, 0.3) is 0 Å². The molecule has 88 heavy (non-hydrogen) atoms. The maximum Gasteiger partial charge on any atom is 0.143 e. The summed E-state index contributed by atoms with van der Waals surface area (Å²) < 4.78 is 13.1. The van der Waals surface area contributed by atoms with Crippen LogP contribution in [-0.4, -0.2) is 0 Å². The number of benzene rings is 14. The third-order valence-corrected chi connectivity index (χ3v) is 18.0. The van der Waals surface area contributed by atoms with E-state index < -0.39 is 0 Å². The van der Waals surface area contributed by atoms with Crippen LogP contribution in [0.5, 0.6) is 0 Å². The lowest BCUT2D eigenvalue weighted by Gasteiger charge is -2.32. The standard InChI is InChI=1S/C84H60N2O2/c1-53-19-13-33-73(69-31-15-23-57-21-5-7-25-65(57)69)81(53)85(63-45-39-59(40-46-63)67-29-17-35-75-71-27-9-11-37-79(71)87-83(67)75)77-49-43-61(51-55(77)3)62-44-50-78(56(4)52-62)86(82-54(2)20-14-34-74(82)70-32-16-24-58-22-6-8-26-66(58)70)64-47-41-60(42-48-64)68-30-18-36-76-72-28-10-12-38-80(72)88-84(68)76/h5-52H,1-4H3. The number of anilines is 6. The third kappa shape index (κ3) is 8.83. The number of para-hydroxylation sites is 6. The van der Waals surface area contributed by atoms with E-state index in [0.717, 1.165) is 123 Å². The zero-order valence-electron chi connectivity index (χ0n) is 49.4. The zero-order valence-corrected chi connectivity index (χ0v) is 49.4. The van der Waals surface area contributed by atoms with E-state index in [-0.39, 0.29) is 0 Å². The molecule has 16 aromatic rings. The van der Waals surface area contributed by atoms with Gasteiger partial charge >= 0.3 is 0 Å². The molecular weight excluding hydrogens is 1070 g/mol. The first-order valence-electron chi connectivity index (χ1n) is 30.3. The molecule has 0 bridgehead atoms. The van der Waals surface area contributed by atoms with E-state index in [1.54, 1.807) is 0 Å². The average molecular weight is 1130 g/mol. The number of nitrogens with zero attached hydrogens (tertiary/aromatic N) is 2. The van der Waals surface area contributed by atoms with Crippen molar-refractivity contribution in [1.82, 2.24) is 0 Å². The largest absolute Gasteiger partial charge is 0.455 e. The molecule has 2 aromatic heterocycles. The lowest BCUT2D eigenvalue weighted by Crippen LogP contribution is -2.14. The summed E-state index contributed by atoms with van der Waals surface area (Å²) in [5.74, 6) is 0. The minimum Gasteiger partial charge on any atom is -0.455 e. The first kappa shape index (κ1) is 52.4. The molecule has 0 N–H and O–H groups in total. The molecule has 0 aliphatic heterocycles. The summed E-state index contributed by atoms with van der Waals surface area (Å²) in [6.45, 7) is 8.99. The lowest BCUT2D eigenvalue weighted by atomic mass is 9.93. The van der Waals surface area contributed by atoms with Crippen LogP contribution >= 0.6 is 0 Å². The lowest BCUT2D eigenvalue weighted by molar-refractivity contribution is 0.669. The van der Waals surface area contributed by atoms with Crippen LogP contribution in [0.15, 0.2) is 300 Å². The van der Waals surface area contributed by atoms with Crippen LogP contribution in [0.2, 0.25) is 0 Å². The van der Waals surface area contributed by atoms with Gasteiger partial charge in [-0.05, 0) is 166 Å². The van der Waals surface area contributed by atoms with E-state index in [2.05, 4.69) is 317 Å². The second-order valence-corrected chi connectivity index (χ2v) is 23.3. The molecule has 0 saturated heterocycles. The van der Waals surface area contributed by atoms with Crippen molar-refractivity contribution in [2.24, 2.45) is 0 Å². The number of rotatable bonds is 11. The molecule has 4 heteroatoms. The van der Waals surface area contributed by atoms with E-state index in [1.165, 1.54) is 54.9 Å². The van der Waals surface area contributed by atoms with Gasteiger partial charge in [0.05, 0.1) is 11.4 Å². The highest BCUT2D eigenvalue weighted by molar-refractivity contribution is 6.11. The van der Waals surface area contributed by atoms with Gasteiger partial charge in [0, 0.05) is 66.5 Å². The Hall–Kier alpha value is -11.2. The van der Waals surface area contributed by atoms with Crippen LogP contribution < -0.4 is 9.80 Å². The molecule has 0 unspecified atom stereocenters. The monoisotopic (exact) mass is 1130 g/mol. The molecule has 0 spiro atoms. The average Bonchev–Trinajstić information content (AvgIpc) is 1.50. The van der Waals surface area contributed by atoms with Crippen molar-refractivity contribution in [2.75, 3.05) is 9.80 Å². The third-order valence-electron chi connectivity index (χ3n) is 18.0. The maximum absolute atomic E-state index is 6.56. The van der Waals surface area contributed by atoms with E-state index in [4.69, 9.17) is 8.83 Å². The molecule has 0 atom stereocenters. The summed E-state index contributed by atoms with van der Waals surface area (Å²) in [4.78, 5) is 4.95.